The number of esters is 1. The number of carboxylic acid groups (broad SMARTS) is 1. The number of carbonyl (C=O) groups is 3. The smallest absolute Gasteiger partial charge is 0.340 e. The fourth-order valence-electron chi connectivity index (χ4n) is 1.43. The maximum atomic E-state index is 11.7. The lowest BCUT2D eigenvalue weighted by Crippen LogP contribution is -2.31. The Morgan fingerprint density at radius 1 is 1.25 bits per heavy atom. The molecule has 0 unspecified atom stereocenters. The molecule has 0 spiro atoms. The molecule has 0 saturated carbocycles. The van der Waals surface area contributed by atoms with Gasteiger partial charge < -0.3 is 20.5 Å². The highest BCUT2D eigenvalue weighted by Crippen LogP contribution is 2.15. The van der Waals surface area contributed by atoms with Crippen molar-refractivity contribution in [2.24, 2.45) is 0 Å². The number of carbonyl (C=O) groups excluding carboxylic acids is 2. The molecule has 0 aliphatic rings. The van der Waals surface area contributed by atoms with Crippen LogP contribution in [-0.2, 0) is 9.53 Å². The van der Waals surface area contributed by atoms with Gasteiger partial charge in [0, 0.05) is 6.54 Å². The van der Waals surface area contributed by atoms with E-state index in [1.165, 1.54) is 6.07 Å². The Hall–Kier alpha value is -2.57. The van der Waals surface area contributed by atoms with Crippen molar-refractivity contribution in [3.8, 4) is 0 Å². The van der Waals surface area contributed by atoms with E-state index < -0.39 is 18.0 Å². The Morgan fingerprint density at radius 3 is 2.60 bits per heavy atom. The number of nitrogens with one attached hydrogen (secondary N) is 2. The Balaban J connectivity index is 2.65. The van der Waals surface area contributed by atoms with Crippen molar-refractivity contribution in [2.45, 2.75) is 13.3 Å². The van der Waals surface area contributed by atoms with Gasteiger partial charge in [0.05, 0.1) is 24.3 Å². The number of aliphatic carboxylic acids is 1. The molecular formula is C13H16N2O5. The number of hydrogen-bond acceptors (Lipinski definition) is 4. The third kappa shape index (κ3) is 4.97. The minimum absolute atomic E-state index is 0.00272. The summed E-state index contributed by atoms with van der Waals surface area (Å²) in [5.41, 5.74) is 0.543. The highest BCUT2D eigenvalue weighted by atomic mass is 16.5. The molecule has 0 aliphatic heterocycles. The molecule has 3 N–H and O–H groups in total. The number of amides is 2. The first kappa shape index (κ1) is 15.5. The van der Waals surface area contributed by atoms with Crippen LogP contribution in [-0.4, -0.2) is 36.2 Å². The van der Waals surface area contributed by atoms with Crippen LogP contribution in [0.5, 0.6) is 0 Å². The molecule has 108 valence electrons. The summed E-state index contributed by atoms with van der Waals surface area (Å²) < 4.78 is 4.87. The van der Waals surface area contributed by atoms with E-state index in [0.717, 1.165) is 0 Å². The van der Waals surface area contributed by atoms with Crippen LogP contribution in [0.4, 0.5) is 10.5 Å². The summed E-state index contributed by atoms with van der Waals surface area (Å²) in [5.74, 6) is -1.54. The zero-order valence-corrected chi connectivity index (χ0v) is 11.0. The van der Waals surface area contributed by atoms with E-state index in [1.807, 2.05) is 0 Å². The van der Waals surface area contributed by atoms with Gasteiger partial charge in [-0.15, -0.1) is 0 Å². The lowest BCUT2D eigenvalue weighted by Gasteiger charge is -2.10. The van der Waals surface area contributed by atoms with Crippen LogP contribution in [0.25, 0.3) is 0 Å². The molecule has 1 aromatic carbocycles. The average Bonchev–Trinajstić information content (AvgIpc) is 2.39. The molecule has 20 heavy (non-hydrogen) atoms. The van der Waals surface area contributed by atoms with Crippen LogP contribution in [0, 0.1) is 0 Å². The standard InChI is InChI=1S/C13H16N2O5/c1-2-20-12(18)9-5-3-4-6-10(9)15-13(19)14-8-7-11(16)17/h3-6H,2,7-8H2,1H3,(H,16,17)(H2,14,15,19). The Kier molecular flexibility index (Phi) is 6.02. The first-order valence-corrected chi connectivity index (χ1v) is 6.07. The number of rotatable bonds is 6. The van der Waals surface area contributed by atoms with Crippen LogP contribution in [0.1, 0.15) is 23.7 Å². The van der Waals surface area contributed by atoms with Crippen molar-refractivity contribution in [3.63, 3.8) is 0 Å². The molecule has 0 aliphatic carbocycles. The van der Waals surface area contributed by atoms with Gasteiger partial charge in [-0.2, -0.15) is 0 Å². The van der Waals surface area contributed by atoms with E-state index in [9.17, 15) is 14.4 Å². The fraction of sp³-hybridized carbons (Fsp3) is 0.308. The highest BCUT2D eigenvalue weighted by molar-refractivity contribution is 6.00. The van der Waals surface area contributed by atoms with Gasteiger partial charge in [0.2, 0.25) is 0 Å². The van der Waals surface area contributed by atoms with Crippen LogP contribution in [0.15, 0.2) is 24.3 Å². The van der Waals surface area contributed by atoms with Crippen molar-refractivity contribution in [1.29, 1.82) is 0 Å². The van der Waals surface area contributed by atoms with E-state index in [-0.39, 0.29) is 25.1 Å². The SMILES string of the molecule is CCOC(=O)c1ccccc1NC(=O)NCCC(=O)O. The van der Waals surface area contributed by atoms with Crippen LogP contribution >= 0.6 is 0 Å². The summed E-state index contributed by atoms with van der Waals surface area (Å²) in [5, 5.41) is 13.3. The molecule has 0 fully saturated rings. The maximum absolute atomic E-state index is 11.7. The van der Waals surface area contributed by atoms with Crippen LogP contribution in [0.2, 0.25) is 0 Å². The maximum Gasteiger partial charge on any atom is 0.340 e. The first-order valence-electron chi connectivity index (χ1n) is 6.07. The zero-order chi connectivity index (χ0) is 15.0. The molecule has 2 amide bonds. The van der Waals surface area contributed by atoms with E-state index in [2.05, 4.69) is 10.6 Å². The second kappa shape index (κ2) is 7.78. The highest BCUT2D eigenvalue weighted by Gasteiger charge is 2.13. The second-order valence-corrected chi connectivity index (χ2v) is 3.79. The summed E-state index contributed by atoms with van der Waals surface area (Å²) in [6, 6.07) is 5.83. The predicted molar refractivity (Wildman–Crippen MR) is 71.7 cm³/mol. The minimum atomic E-state index is -1.00. The summed E-state index contributed by atoms with van der Waals surface area (Å²) in [4.78, 5) is 33.6. The van der Waals surface area contributed by atoms with Gasteiger partial charge in [-0.05, 0) is 19.1 Å². The van der Waals surface area contributed by atoms with E-state index in [0.29, 0.717) is 5.69 Å². The monoisotopic (exact) mass is 280 g/mol. The van der Waals surface area contributed by atoms with Gasteiger partial charge in [0.1, 0.15) is 0 Å². The largest absolute Gasteiger partial charge is 0.481 e. The number of hydrogen-bond donors (Lipinski definition) is 3. The van der Waals surface area contributed by atoms with E-state index in [1.54, 1.807) is 25.1 Å². The zero-order valence-electron chi connectivity index (χ0n) is 11.0. The quantitative estimate of drug-likeness (QED) is 0.684. The number of urea groups is 1. The molecule has 0 atom stereocenters. The Labute approximate surface area is 115 Å². The molecule has 0 saturated heterocycles. The topological polar surface area (TPSA) is 105 Å². The predicted octanol–water partition coefficient (Wildman–Crippen LogP) is 1.46. The van der Waals surface area contributed by atoms with Gasteiger partial charge in [0.15, 0.2) is 0 Å². The van der Waals surface area contributed by atoms with Crippen molar-refractivity contribution >= 4 is 23.7 Å². The fourth-order valence-corrected chi connectivity index (χ4v) is 1.43. The summed E-state index contributed by atoms with van der Waals surface area (Å²) in [6.45, 7) is 1.92. The normalized spacial score (nSPS) is 9.65. The molecule has 1 aromatic rings. The summed E-state index contributed by atoms with van der Waals surface area (Å²) >= 11 is 0. The first-order chi connectivity index (χ1) is 9.54. The van der Waals surface area contributed by atoms with Gasteiger partial charge in [0.25, 0.3) is 0 Å². The number of carboxylic acids is 1. The minimum Gasteiger partial charge on any atom is -0.481 e. The van der Waals surface area contributed by atoms with E-state index in [4.69, 9.17) is 9.84 Å². The number of para-hydroxylation sites is 1. The molecular weight excluding hydrogens is 264 g/mol. The average molecular weight is 280 g/mol. The summed E-state index contributed by atoms with van der Waals surface area (Å²) in [7, 11) is 0. The summed E-state index contributed by atoms with van der Waals surface area (Å²) in [6.07, 6.45) is -0.174. The number of benzene rings is 1. The molecule has 7 nitrogen and oxygen atoms in total. The molecule has 0 heterocycles. The molecule has 7 heteroatoms. The van der Waals surface area contributed by atoms with E-state index >= 15 is 0 Å². The van der Waals surface area contributed by atoms with Crippen molar-refractivity contribution in [2.75, 3.05) is 18.5 Å². The Morgan fingerprint density at radius 2 is 1.95 bits per heavy atom. The van der Waals surface area contributed by atoms with Crippen LogP contribution in [0.3, 0.4) is 0 Å². The molecule has 0 bridgehead atoms. The van der Waals surface area contributed by atoms with Crippen molar-refractivity contribution in [3.05, 3.63) is 29.8 Å². The van der Waals surface area contributed by atoms with Gasteiger partial charge in [-0.25, -0.2) is 9.59 Å². The second-order valence-electron chi connectivity index (χ2n) is 3.79. The molecule has 1 rings (SSSR count). The van der Waals surface area contributed by atoms with Crippen LogP contribution < -0.4 is 10.6 Å². The molecule has 0 radical (unpaired) electrons. The van der Waals surface area contributed by atoms with Gasteiger partial charge >= 0.3 is 18.0 Å². The Bertz CT molecular complexity index is 501. The lowest BCUT2D eigenvalue weighted by molar-refractivity contribution is -0.136. The number of ether oxygens (including phenoxy) is 1. The van der Waals surface area contributed by atoms with Crippen molar-refractivity contribution in [1.82, 2.24) is 5.32 Å². The number of anilines is 1. The third-order valence-corrected chi connectivity index (χ3v) is 2.30. The molecule has 0 aromatic heterocycles. The van der Waals surface area contributed by atoms with Gasteiger partial charge in [-0.3, -0.25) is 4.79 Å². The third-order valence-electron chi connectivity index (χ3n) is 2.30. The van der Waals surface area contributed by atoms with Gasteiger partial charge in [-0.1, -0.05) is 12.1 Å². The van der Waals surface area contributed by atoms with Crippen molar-refractivity contribution < 1.29 is 24.2 Å². The lowest BCUT2D eigenvalue weighted by atomic mass is 10.2.